The van der Waals surface area contributed by atoms with E-state index >= 15 is 0 Å². The lowest BCUT2D eigenvalue weighted by atomic mass is 10.1. The molecule has 1 aliphatic rings. The van der Waals surface area contributed by atoms with E-state index in [1.807, 2.05) is 6.20 Å². The van der Waals surface area contributed by atoms with E-state index in [0.29, 0.717) is 0 Å². The van der Waals surface area contributed by atoms with Crippen molar-refractivity contribution in [3.8, 4) is 0 Å². The summed E-state index contributed by atoms with van der Waals surface area (Å²) in [5.41, 5.74) is 8.23. The second-order valence-electron chi connectivity index (χ2n) is 4.86. The minimum Gasteiger partial charge on any atom is -0.370 e. The number of hydrogen-bond donors (Lipinski definition) is 1. The van der Waals surface area contributed by atoms with Gasteiger partial charge in [-0.2, -0.15) is 0 Å². The number of anilines is 1. The SMILES string of the molecule is CC[C@@H](N)c1ccc(N2CCCCCC2)cn1. The third-order valence-corrected chi connectivity index (χ3v) is 3.56. The molecule has 1 atom stereocenters. The summed E-state index contributed by atoms with van der Waals surface area (Å²) in [7, 11) is 0. The van der Waals surface area contributed by atoms with E-state index in [2.05, 4.69) is 28.9 Å². The van der Waals surface area contributed by atoms with Gasteiger partial charge in [-0.3, -0.25) is 4.98 Å². The van der Waals surface area contributed by atoms with Crippen molar-refractivity contribution in [3.05, 3.63) is 24.0 Å². The van der Waals surface area contributed by atoms with E-state index in [9.17, 15) is 0 Å². The molecule has 1 aliphatic heterocycles. The monoisotopic (exact) mass is 233 g/mol. The topological polar surface area (TPSA) is 42.1 Å². The first-order chi connectivity index (χ1) is 8.31. The molecule has 2 rings (SSSR count). The van der Waals surface area contributed by atoms with Gasteiger partial charge in [-0.25, -0.2) is 0 Å². The van der Waals surface area contributed by atoms with Crippen LogP contribution in [0.4, 0.5) is 5.69 Å². The molecule has 2 heterocycles. The van der Waals surface area contributed by atoms with E-state index in [1.165, 1.54) is 44.5 Å². The van der Waals surface area contributed by atoms with Gasteiger partial charge in [0, 0.05) is 19.1 Å². The normalized spacial score (nSPS) is 18.8. The molecule has 0 amide bonds. The molecule has 17 heavy (non-hydrogen) atoms. The molecular weight excluding hydrogens is 210 g/mol. The molecule has 94 valence electrons. The fourth-order valence-corrected chi connectivity index (χ4v) is 2.34. The molecule has 3 heteroatoms. The zero-order valence-electron chi connectivity index (χ0n) is 10.7. The van der Waals surface area contributed by atoms with Gasteiger partial charge in [-0.15, -0.1) is 0 Å². The molecule has 0 bridgehead atoms. The second kappa shape index (κ2) is 6.01. The van der Waals surface area contributed by atoms with Crippen LogP contribution in [0.3, 0.4) is 0 Å². The Morgan fingerprint density at radius 1 is 1.24 bits per heavy atom. The van der Waals surface area contributed by atoms with Crippen LogP contribution in [-0.2, 0) is 0 Å². The van der Waals surface area contributed by atoms with Crippen molar-refractivity contribution in [2.24, 2.45) is 5.73 Å². The lowest BCUT2D eigenvalue weighted by Gasteiger charge is -2.22. The molecule has 1 saturated heterocycles. The van der Waals surface area contributed by atoms with Crippen LogP contribution in [0.2, 0.25) is 0 Å². The number of rotatable bonds is 3. The molecule has 1 fully saturated rings. The van der Waals surface area contributed by atoms with Crippen molar-refractivity contribution in [1.82, 2.24) is 4.98 Å². The maximum atomic E-state index is 5.97. The van der Waals surface area contributed by atoms with E-state index in [-0.39, 0.29) is 6.04 Å². The van der Waals surface area contributed by atoms with Crippen LogP contribution in [0.5, 0.6) is 0 Å². The van der Waals surface area contributed by atoms with Crippen molar-refractivity contribution in [2.75, 3.05) is 18.0 Å². The summed E-state index contributed by atoms with van der Waals surface area (Å²) in [6.45, 7) is 4.43. The number of hydrogen-bond acceptors (Lipinski definition) is 3. The lowest BCUT2D eigenvalue weighted by molar-refractivity contribution is 0.674. The van der Waals surface area contributed by atoms with Gasteiger partial charge in [0.2, 0.25) is 0 Å². The second-order valence-corrected chi connectivity index (χ2v) is 4.86. The van der Waals surface area contributed by atoms with Crippen molar-refractivity contribution in [1.29, 1.82) is 0 Å². The van der Waals surface area contributed by atoms with Gasteiger partial charge in [-0.1, -0.05) is 19.8 Å². The number of aromatic nitrogens is 1. The number of nitrogens with two attached hydrogens (primary N) is 1. The first-order valence-electron chi connectivity index (χ1n) is 6.77. The van der Waals surface area contributed by atoms with E-state index < -0.39 is 0 Å². The van der Waals surface area contributed by atoms with Gasteiger partial charge in [0.15, 0.2) is 0 Å². The average molecular weight is 233 g/mol. The van der Waals surface area contributed by atoms with Gasteiger partial charge in [0.1, 0.15) is 0 Å². The fraction of sp³-hybridized carbons (Fsp3) is 0.643. The van der Waals surface area contributed by atoms with Crippen LogP contribution in [0.1, 0.15) is 50.8 Å². The maximum absolute atomic E-state index is 5.97. The summed E-state index contributed by atoms with van der Waals surface area (Å²) in [5.74, 6) is 0. The summed E-state index contributed by atoms with van der Waals surface area (Å²) in [6, 6.07) is 4.32. The Bertz CT molecular complexity index is 326. The molecule has 2 N–H and O–H groups in total. The van der Waals surface area contributed by atoms with E-state index in [4.69, 9.17) is 5.73 Å². The van der Waals surface area contributed by atoms with Crippen molar-refractivity contribution < 1.29 is 0 Å². The predicted molar refractivity (Wildman–Crippen MR) is 72.1 cm³/mol. The first kappa shape index (κ1) is 12.4. The van der Waals surface area contributed by atoms with Crippen molar-refractivity contribution >= 4 is 5.69 Å². The standard InChI is InChI=1S/C14H23N3/c1-2-13(15)14-8-7-12(11-16-14)17-9-5-3-4-6-10-17/h7-8,11,13H,2-6,9-10,15H2,1H3/t13-/m1/s1. The van der Waals surface area contributed by atoms with Crippen LogP contribution >= 0.6 is 0 Å². The van der Waals surface area contributed by atoms with Gasteiger partial charge in [0.25, 0.3) is 0 Å². The van der Waals surface area contributed by atoms with Gasteiger partial charge < -0.3 is 10.6 Å². The van der Waals surface area contributed by atoms with E-state index in [1.54, 1.807) is 0 Å². The maximum Gasteiger partial charge on any atom is 0.0572 e. The summed E-state index contributed by atoms with van der Waals surface area (Å²) in [5, 5.41) is 0. The summed E-state index contributed by atoms with van der Waals surface area (Å²) in [6.07, 6.45) is 8.25. The van der Waals surface area contributed by atoms with Gasteiger partial charge >= 0.3 is 0 Å². The Morgan fingerprint density at radius 3 is 2.47 bits per heavy atom. The Labute approximate surface area is 104 Å². The molecule has 0 unspecified atom stereocenters. The fourth-order valence-electron chi connectivity index (χ4n) is 2.34. The Morgan fingerprint density at radius 2 is 1.94 bits per heavy atom. The van der Waals surface area contributed by atoms with Gasteiger partial charge in [0.05, 0.1) is 17.6 Å². The molecule has 0 aromatic carbocycles. The molecule has 1 aromatic heterocycles. The largest absolute Gasteiger partial charge is 0.370 e. The molecule has 0 spiro atoms. The summed E-state index contributed by atoms with van der Waals surface area (Å²) in [4.78, 5) is 6.93. The average Bonchev–Trinajstić information content (AvgIpc) is 2.67. The molecular formula is C14H23N3. The predicted octanol–water partition coefficient (Wildman–Crippen LogP) is 2.87. The Kier molecular flexibility index (Phi) is 4.37. The minimum atomic E-state index is 0.0770. The number of nitrogens with zero attached hydrogens (tertiary/aromatic N) is 2. The molecule has 0 radical (unpaired) electrons. The minimum absolute atomic E-state index is 0.0770. The van der Waals surface area contributed by atoms with Crippen LogP contribution in [0, 0.1) is 0 Å². The highest BCUT2D eigenvalue weighted by Gasteiger charge is 2.11. The van der Waals surface area contributed by atoms with E-state index in [0.717, 1.165) is 12.1 Å². The summed E-state index contributed by atoms with van der Waals surface area (Å²) < 4.78 is 0. The third-order valence-electron chi connectivity index (χ3n) is 3.56. The smallest absolute Gasteiger partial charge is 0.0572 e. The van der Waals surface area contributed by atoms with Crippen LogP contribution in [0.25, 0.3) is 0 Å². The zero-order valence-corrected chi connectivity index (χ0v) is 10.7. The van der Waals surface area contributed by atoms with Crippen molar-refractivity contribution in [3.63, 3.8) is 0 Å². The van der Waals surface area contributed by atoms with Crippen LogP contribution in [0.15, 0.2) is 18.3 Å². The Balaban J connectivity index is 2.05. The first-order valence-corrected chi connectivity index (χ1v) is 6.77. The highest BCUT2D eigenvalue weighted by Crippen LogP contribution is 2.20. The Hall–Kier alpha value is -1.09. The molecule has 1 aromatic rings. The zero-order chi connectivity index (χ0) is 12.1. The molecule has 0 aliphatic carbocycles. The molecule has 3 nitrogen and oxygen atoms in total. The lowest BCUT2D eigenvalue weighted by Crippen LogP contribution is -2.24. The molecule has 0 saturated carbocycles. The summed E-state index contributed by atoms with van der Waals surface area (Å²) >= 11 is 0. The highest BCUT2D eigenvalue weighted by atomic mass is 15.1. The van der Waals surface area contributed by atoms with Gasteiger partial charge in [-0.05, 0) is 31.4 Å². The number of pyridine rings is 1. The van der Waals surface area contributed by atoms with Crippen molar-refractivity contribution in [2.45, 2.75) is 45.1 Å². The third kappa shape index (κ3) is 3.19. The van der Waals surface area contributed by atoms with Crippen LogP contribution in [-0.4, -0.2) is 18.1 Å². The quantitative estimate of drug-likeness (QED) is 0.873. The van der Waals surface area contributed by atoms with Crippen LogP contribution < -0.4 is 10.6 Å². The highest BCUT2D eigenvalue weighted by molar-refractivity contribution is 5.44.